The molecule has 1 aliphatic heterocycles. The highest BCUT2D eigenvalue weighted by atomic mass is 16.5. The summed E-state index contributed by atoms with van der Waals surface area (Å²) in [4.78, 5) is 18.1. The average molecular weight is 435 g/mol. The number of amides is 1. The molecule has 0 aliphatic carbocycles. The van der Waals surface area contributed by atoms with Crippen molar-refractivity contribution in [3.63, 3.8) is 0 Å². The lowest BCUT2D eigenvalue weighted by Crippen LogP contribution is -2.49. The Hall–Kier alpha value is -4.05. The third-order valence-electron chi connectivity index (χ3n) is 6.12. The SMILES string of the molecule is COc1ccc(C2N(Cc3ccccc3)c3ccccc3C(=O)N2c2ccc(C)cc2)cc1. The van der Waals surface area contributed by atoms with Gasteiger partial charge in [0.1, 0.15) is 11.9 Å². The maximum absolute atomic E-state index is 13.9. The molecule has 4 aromatic rings. The highest BCUT2D eigenvalue weighted by Crippen LogP contribution is 2.42. The number of para-hydroxylation sites is 1. The lowest BCUT2D eigenvalue weighted by atomic mass is 9.99. The van der Waals surface area contributed by atoms with Crippen molar-refractivity contribution >= 4 is 17.3 Å². The molecule has 1 amide bonds. The summed E-state index contributed by atoms with van der Waals surface area (Å²) in [6, 6.07) is 34.4. The summed E-state index contributed by atoms with van der Waals surface area (Å²) in [5.41, 5.74) is 5.89. The number of hydrogen-bond acceptors (Lipinski definition) is 3. The van der Waals surface area contributed by atoms with Crippen LogP contribution in [0, 0.1) is 6.92 Å². The number of hydrogen-bond donors (Lipinski definition) is 0. The molecule has 1 aliphatic rings. The quantitative estimate of drug-likeness (QED) is 0.366. The van der Waals surface area contributed by atoms with Gasteiger partial charge in [0.15, 0.2) is 0 Å². The normalized spacial score (nSPS) is 15.3. The molecule has 4 nitrogen and oxygen atoms in total. The zero-order valence-corrected chi connectivity index (χ0v) is 18.8. The minimum Gasteiger partial charge on any atom is -0.497 e. The van der Waals surface area contributed by atoms with Crippen molar-refractivity contribution in [2.24, 2.45) is 0 Å². The summed E-state index contributed by atoms with van der Waals surface area (Å²) < 4.78 is 5.39. The number of carbonyl (C=O) groups excluding carboxylic acids is 1. The second-order valence-corrected chi connectivity index (χ2v) is 8.29. The first-order valence-electron chi connectivity index (χ1n) is 11.1. The molecule has 33 heavy (non-hydrogen) atoms. The first-order valence-corrected chi connectivity index (χ1v) is 11.1. The number of aryl methyl sites for hydroxylation is 1. The Morgan fingerprint density at radius 1 is 0.788 bits per heavy atom. The molecule has 1 unspecified atom stereocenters. The van der Waals surface area contributed by atoms with E-state index in [1.165, 1.54) is 5.56 Å². The Kier molecular flexibility index (Phi) is 5.57. The van der Waals surface area contributed by atoms with Crippen LogP contribution in [0.3, 0.4) is 0 Å². The molecule has 1 heterocycles. The van der Waals surface area contributed by atoms with E-state index < -0.39 is 0 Å². The van der Waals surface area contributed by atoms with Crippen LogP contribution in [0.15, 0.2) is 103 Å². The first-order chi connectivity index (χ1) is 16.2. The molecule has 5 rings (SSSR count). The van der Waals surface area contributed by atoms with Crippen molar-refractivity contribution in [1.82, 2.24) is 0 Å². The standard InChI is InChI=1S/C29H26N2O2/c1-21-12-16-24(17-13-21)31-28(23-14-18-25(33-2)19-15-23)30(20-22-8-4-3-5-9-22)27-11-7-6-10-26(27)29(31)32/h3-19,28H,20H2,1-2H3. The van der Waals surface area contributed by atoms with E-state index in [0.717, 1.165) is 28.3 Å². The fourth-order valence-electron chi connectivity index (χ4n) is 4.44. The molecule has 4 aromatic carbocycles. The summed E-state index contributed by atoms with van der Waals surface area (Å²) in [5.74, 6) is 0.789. The van der Waals surface area contributed by atoms with Gasteiger partial charge in [0.25, 0.3) is 5.91 Å². The zero-order valence-electron chi connectivity index (χ0n) is 18.8. The maximum Gasteiger partial charge on any atom is 0.262 e. The Morgan fingerprint density at radius 2 is 1.45 bits per heavy atom. The van der Waals surface area contributed by atoms with Crippen LogP contribution in [-0.4, -0.2) is 13.0 Å². The largest absolute Gasteiger partial charge is 0.497 e. The van der Waals surface area contributed by atoms with E-state index in [0.29, 0.717) is 12.1 Å². The van der Waals surface area contributed by atoms with Gasteiger partial charge in [0.2, 0.25) is 0 Å². The molecule has 1 atom stereocenters. The van der Waals surface area contributed by atoms with Gasteiger partial charge in [0.05, 0.1) is 18.4 Å². The molecule has 0 saturated carbocycles. The van der Waals surface area contributed by atoms with Gasteiger partial charge in [-0.3, -0.25) is 9.69 Å². The number of methoxy groups -OCH3 is 1. The molecule has 0 aromatic heterocycles. The second kappa shape index (κ2) is 8.83. The van der Waals surface area contributed by atoms with Crippen molar-refractivity contribution in [2.45, 2.75) is 19.6 Å². The van der Waals surface area contributed by atoms with Crippen molar-refractivity contribution < 1.29 is 9.53 Å². The van der Waals surface area contributed by atoms with Crippen LogP contribution in [0.5, 0.6) is 5.75 Å². The molecule has 4 heteroatoms. The molecular weight excluding hydrogens is 408 g/mol. The summed E-state index contributed by atoms with van der Waals surface area (Å²) in [7, 11) is 1.66. The number of rotatable bonds is 5. The van der Waals surface area contributed by atoms with Crippen LogP contribution in [-0.2, 0) is 6.54 Å². The Labute approximate surface area is 194 Å². The molecule has 0 fully saturated rings. The van der Waals surface area contributed by atoms with Gasteiger partial charge in [-0.2, -0.15) is 0 Å². The highest BCUT2D eigenvalue weighted by Gasteiger charge is 2.39. The fourth-order valence-corrected chi connectivity index (χ4v) is 4.44. The molecule has 0 spiro atoms. The maximum atomic E-state index is 13.9. The first kappa shape index (κ1) is 20.8. The monoisotopic (exact) mass is 434 g/mol. The van der Waals surface area contributed by atoms with Crippen LogP contribution in [0.2, 0.25) is 0 Å². The summed E-state index contributed by atoms with van der Waals surface area (Å²) in [5, 5.41) is 0. The van der Waals surface area contributed by atoms with Crippen LogP contribution in [0.4, 0.5) is 11.4 Å². The van der Waals surface area contributed by atoms with E-state index in [2.05, 4.69) is 48.2 Å². The van der Waals surface area contributed by atoms with E-state index in [1.54, 1.807) is 7.11 Å². The van der Waals surface area contributed by atoms with E-state index in [9.17, 15) is 4.79 Å². The van der Waals surface area contributed by atoms with E-state index in [1.807, 2.05) is 71.6 Å². The third-order valence-corrected chi connectivity index (χ3v) is 6.12. The number of ether oxygens (including phenoxy) is 1. The van der Waals surface area contributed by atoms with Gasteiger partial charge in [-0.25, -0.2) is 0 Å². The highest BCUT2D eigenvalue weighted by molar-refractivity contribution is 6.12. The topological polar surface area (TPSA) is 32.8 Å². The molecule has 0 radical (unpaired) electrons. The van der Waals surface area contributed by atoms with Crippen LogP contribution in [0.25, 0.3) is 0 Å². The van der Waals surface area contributed by atoms with Gasteiger partial charge in [-0.15, -0.1) is 0 Å². The van der Waals surface area contributed by atoms with E-state index in [4.69, 9.17) is 4.74 Å². The number of fused-ring (bicyclic) bond motifs is 1. The van der Waals surface area contributed by atoms with Crippen molar-refractivity contribution in [1.29, 1.82) is 0 Å². The minimum absolute atomic E-state index is 0.000386. The predicted octanol–water partition coefficient (Wildman–Crippen LogP) is 6.37. The molecule has 0 bridgehead atoms. The summed E-state index contributed by atoms with van der Waals surface area (Å²) in [6.45, 7) is 2.73. The average Bonchev–Trinajstić information content (AvgIpc) is 2.87. The third kappa shape index (κ3) is 3.96. The van der Waals surface area contributed by atoms with Crippen LogP contribution < -0.4 is 14.5 Å². The van der Waals surface area contributed by atoms with Crippen LogP contribution in [0.1, 0.15) is 33.2 Å². The zero-order chi connectivity index (χ0) is 22.8. The predicted molar refractivity (Wildman–Crippen MR) is 133 cm³/mol. The number of anilines is 2. The smallest absolute Gasteiger partial charge is 0.262 e. The van der Waals surface area contributed by atoms with Crippen LogP contribution >= 0.6 is 0 Å². The van der Waals surface area contributed by atoms with Gasteiger partial charge in [0, 0.05) is 12.2 Å². The van der Waals surface area contributed by atoms with Gasteiger partial charge < -0.3 is 9.64 Å². The number of nitrogens with zero attached hydrogens (tertiary/aromatic N) is 2. The van der Waals surface area contributed by atoms with E-state index in [-0.39, 0.29) is 12.1 Å². The second-order valence-electron chi connectivity index (χ2n) is 8.29. The molecule has 164 valence electrons. The van der Waals surface area contributed by atoms with Crippen molar-refractivity contribution in [2.75, 3.05) is 16.9 Å². The van der Waals surface area contributed by atoms with Crippen molar-refractivity contribution in [3.8, 4) is 5.75 Å². The summed E-state index contributed by atoms with van der Waals surface area (Å²) >= 11 is 0. The molecular formula is C29H26N2O2. The Bertz CT molecular complexity index is 1250. The Balaban J connectivity index is 1.71. The number of carbonyl (C=O) groups is 1. The van der Waals surface area contributed by atoms with Gasteiger partial charge in [-0.1, -0.05) is 72.3 Å². The van der Waals surface area contributed by atoms with E-state index >= 15 is 0 Å². The molecule has 0 saturated heterocycles. The van der Waals surface area contributed by atoms with Crippen molar-refractivity contribution in [3.05, 3.63) is 125 Å². The summed E-state index contributed by atoms with van der Waals surface area (Å²) in [6.07, 6.45) is -0.304. The van der Waals surface area contributed by atoms with Gasteiger partial charge in [-0.05, 0) is 54.4 Å². The van der Waals surface area contributed by atoms with Gasteiger partial charge >= 0.3 is 0 Å². The minimum atomic E-state index is -0.304. The molecule has 0 N–H and O–H groups in total. The lowest BCUT2D eigenvalue weighted by Gasteiger charge is -2.46. The lowest BCUT2D eigenvalue weighted by molar-refractivity contribution is 0.0968. The fraction of sp³-hybridized carbons (Fsp3) is 0.138. The number of benzene rings is 4. The Morgan fingerprint density at radius 3 is 2.15 bits per heavy atom.